The molecular weight excluding hydrogens is 178 g/mol. The number of hydrogen-bond donors (Lipinski definition) is 1. The second-order valence-electron chi connectivity index (χ2n) is 2.93. The van der Waals surface area contributed by atoms with E-state index < -0.39 is 0 Å². The second-order valence-corrected chi connectivity index (χ2v) is 2.93. The van der Waals surface area contributed by atoms with Crippen molar-refractivity contribution in [3.05, 3.63) is 30.6 Å². The highest BCUT2D eigenvalue weighted by Crippen LogP contribution is 2.11. The monoisotopic (exact) mass is 189 g/mol. The Morgan fingerprint density at radius 1 is 1.57 bits per heavy atom. The first-order valence-electron chi connectivity index (χ1n) is 4.53. The van der Waals surface area contributed by atoms with Gasteiger partial charge in [0, 0.05) is 18.9 Å². The number of nitrogens with zero attached hydrogens (tertiary/aromatic N) is 2. The molecule has 2 rings (SSSR count). The summed E-state index contributed by atoms with van der Waals surface area (Å²) in [5.41, 5.74) is 1.66. The predicted octanol–water partition coefficient (Wildman–Crippen LogP) is 1.61. The lowest BCUT2D eigenvalue weighted by molar-refractivity contribution is 0.244. The van der Waals surface area contributed by atoms with E-state index in [4.69, 9.17) is 0 Å². The third-order valence-electron chi connectivity index (χ3n) is 2.00. The van der Waals surface area contributed by atoms with Crippen molar-refractivity contribution in [1.82, 2.24) is 14.9 Å². The van der Waals surface area contributed by atoms with E-state index in [0.717, 1.165) is 11.0 Å². The molecule has 4 nitrogen and oxygen atoms in total. The third kappa shape index (κ3) is 1.35. The maximum Gasteiger partial charge on any atom is 0.326 e. The number of nitrogens with one attached hydrogen (secondary N) is 1. The Morgan fingerprint density at radius 3 is 3.21 bits per heavy atom. The van der Waals surface area contributed by atoms with Gasteiger partial charge in [0.1, 0.15) is 0 Å². The molecule has 0 aromatic carbocycles. The Kier molecular flexibility index (Phi) is 2.18. The molecule has 2 aromatic heterocycles. The Bertz CT molecular complexity index is 461. The predicted molar refractivity (Wildman–Crippen MR) is 54.2 cm³/mol. The van der Waals surface area contributed by atoms with Gasteiger partial charge in [0.05, 0.1) is 11.0 Å². The van der Waals surface area contributed by atoms with Gasteiger partial charge in [-0.2, -0.15) is 0 Å². The number of amides is 1. The van der Waals surface area contributed by atoms with Crippen molar-refractivity contribution >= 4 is 17.1 Å². The molecule has 0 saturated heterocycles. The van der Waals surface area contributed by atoms with Crippen LogP contribution in [0.1, 0.15) is 6.92 Å². The molecule has 4 heteroatoms. The molecule has 0 radical (unpaired) electrons. The standard InChI is InChI=1S/C10H11N3O/c1-2-11-10(14)13-7-5-8-9(13)4-3-6-12-8/h3-7H,2H2,1H3,(H,11,14). The van der Waals surface area contributed by atoms with Crippen LogP contribution in [0.15, 0.2) is 30.6 Å². The Hall–Kier alpha value is -1.84. The van der Waals surface area contributed by atoms with Gasteiger partial charge >= 0.3 is 6.03 Å². The van der Waals surface area contributed by atoms with Gasteiger partial charge < -0.3 is 5.32 Å². The molecule has 0 atom stereocenters. The highest BCUT2D eigenvalue weighted by molar-refractivity contribution is 5.89. The Balaban J connectivity index is 2.47. The van der Waals surface area contributed by atoms with Crippen molar-refractivity contribution in [3.63, 3.8) is 0 Å². The largest absolute Gasteiger partial charge is 0.338 e. The zero-order chi connectivity index (χ0) is 9.97. The summed E-state index contributed by atoms with van der Waals surface area (Å²) in [6, 6.07) is 5.40. The minimum Gasteiger partial charge on any atom is -0.338 e. The van der Waals surface area contributed by atoms with Gasteiger partial charge in [-0.3, -0.25) is 9.55 Å². The van der Waals surface area contributed by atoms with Crippen molar-refractivity contribution in [1.29, 1.82) is 0 Å². The summed E-state index contributed by atoms with van der Waals surface area (Å²) < 4.78 is 1.56. The first-order chi connectivity index (χ1) is 6.83. The van der Waals surface area contributed by atoms with Crippen LogP contribution in [0.4, 0.5) is 4.79 Å². The molecule has 0 aliphatic rings. The van der Waals surface area contributed by atoms with Crippen LogP contribution in [-0.2, 0) is 0 Å². The van der Waals surface area contributed by atoms with Crippen LogP contribution in [0.2, 0.25) is 0 Å². The number of carbonyl (C=O) groups is 1. The second kappa shape index (κ2) is 3.49. The Morgan fingerprint density at radius 2 is 2.43 bits per heavy atom. The minimum atomic E-state index is -0.115. The fourth-order valence-electron chi connectivity index (χ4n) is 1.38. The third-order valence-corrected chi connectivity index (χ3v) is 2.00. The van der Waals surface area contributed by atoms with Gasteiger partial charge in [-0.05, 0) is 25.1 Å². The van der Waals surface area contributed by atoms with Crippen LogP contribution < -0.4 is 5.32 Å². The summed E-state index contributed by atoms with van der Waals surface area (Å²) in [4.78, 5) is 15.7. The van der Waals surface area contributed by atoms with Crippen molar-refractivity contribution in [2.75, 3.05) is 6.54 Å². The zero-order valence-electron chi connectivity index (χ0n) is 7.90. The van der Waals surface area contributed by atoms with Gasteiger partial charge in [-0.1, -0.05) is 0 Å². The average molecular weight is 189 g/mol. The Labute approximate surface area is 81.6 Å². The van der Waals surface area contributed by atoms with E-state index >= 15 is 0 Å². The molecule has 1 N–H and O–H groups in total. The van der Waals surface area contributed by atoms with Gasteiger partial charge in [0.2, 0.25) is 0 Å². The summed E-state index contributed by atoms with van der Waals surface area (Å²) in [6.07, 6.45) is 3.44. The van der Waals surface area contributed by atoms with E-state index in [0.29, 0.717) is 6.54 Å². The van der Waals surface area contributed by atoms with E-state index in [1.807, 2.05) is 25.1 Å². The molecule has 0 unspecified atom stereocenters. The average Bonchev–Trinajstić information content (AvgIpc) is 2.61. The molecule has 0 bridgehead atoms. The van der Waals surface area contributed by atoms with Gasteiger partial charge in [0.25, 0.3) is 0 Å². The molecule has 0 saturated carbocycles. The SMILES string of the molecule is CCNC(=O)n1ccc2ncccc21. The van der Waals surface area contributed by atoms with E-state index in [1.165, 1.54) is 0 Å². The van der Waals surface area contributed by atoms with Crippen LogP contribution >= 0.6 is 0 Å². The van der Waals surface area contributed by atoms with E-state index in [1.54, 1.807) is 17.0 Å². The smallest absolute Gasteiger partial charge is 0.326 e. The quantitative estimate of drug-likeness (QED) is 0.740. The maximum atomic E-state index is 11.5. The minimum absolute atomic E-state index is 0.115. The molecule has 0 spiro atoms. The molecule has 2 heterocycles. The number of hydrogen-bond acceptors (Lipinski definition) is 2. The number of fused-ring (bicyclic) bond motifs is 1. The summed E-state index contributed by atoms with van der Waals surface area (Å²) in [5.74, 6) is 0. The van der Waals surface area contributed by atoms with Crippen molar-refractivity contribution in [2.45, 2.75) is 6.92 Å². The highest BCUT2D eigenvalue weighted by Gasteiger charge is 2.06. The lowest BCUT2D eigenvalue weighted by Gasteiger charge is -2.03. The summed E-state index contributed by atoms with van der Waals surface area (Å²) >= 11 is 0. The lowest BCUT2D eigenvalue weighted by atomic mass is 10.4. The first kappa shape index (κ1) is 8.74. The van der Waals surface area contributed by atoms with Gasteiger partial charge in [0.15, 0.2) is 0 Å². The molecule has 0 fully saturated rings. The topological polar surface area (TPSA) is 46.9 Å². The van der Waals surface area contributed by atoms with Crippen molar-refractivity contribution in [2.24, 2.45) is 0 Å². The lowest BCUT2D eigenvalue weighted by Crippen LogP contribution is -2.27. The fourth-order valence-corrected chi connectivity index (χ4v) is 1.38. The number of aromatic nitrogens is 2. The fraction of sp³-hybridized carbons (Fsp3) is 0.200. The van der Waals surface area contributed by atoms with Crippen LogP contribution in [-0.4, -0.2) is 22.1 Å². The van der Waals surface area contributed by atoms with Crippen LogP contribution in [0, 0.1) is 0 Å². The normalized spacial score (nSPS) is 10.4. The van der Waals surface area contributed by atoms with Crippen LogP contribution in [0.3, 0.4) is 0 Å². The van der Waals surface area contributed by atoms with E-state index in [2.05, 4.69) is 10.3 Å². The molecule has 0 aliphatic carbocycles. The van der Waals surface area contributed by atoms with Crippen LogP contribution in [0.25, 0.3) is 11.0 Å². The molecule has 2 aromatic rings. The molecule has 14 heavy (non-hydrogen) atoms. The molecule has 1 amide bonds. The van der Waals surface area contributed by atoms with Crippen LogP contribution in [0.5, 0.6) is 0 Å². The highest BCUT2D eigenvalue weighted by atomic mass is 16.2. The maximum absolute atomic E-state index is 11.5. The van der Waals surface area contributed by atoms with Gasteiger partial charge in [-0.25, -0.2) is 4.79 Å². The van der Waals surface area contributed by atoms with E-state index in [-0.39, 0.29) is 6.03 Å². The summed E-state index contributed by atoms with van der Waals surface area (Å²) in [6.45, 7) is 2.51. The number of rotatable bonds is 1. The van der Waals surface area contributed by atoms with Gasteiger partial charge in [-0.15, -0.1) is 0 Å². The molecular formula is C10H11N3O. The summed E-state index contributed by atoms with van der Waals surface area (Å²) in [5, 5.41) is 2.74. The van der Waals surface area contributed by atoms with Crippen molar-refractivity contribution in [3.8, 4) is 0 Å². The first-order valence-corrected chi connectivity index (χ1v) is 4.53. The number of pyridine rings is 1. The summed E-state index contributed by atoms with van der Waals surface area (Å²) in [7, 11) is 0. The zero-order valence-corrected chi connectivity index (χ0v) is 7.90. The molecule has 72 valence electrons. The number of carbonyl (C=O) groups excluding carboxylic acids is 1. The molecule has 0 aliphatic heterocycles. The van der Waals surface area contributed by atoms with E-state index in [9.17, 15) is 4.79 Å². The van der Waals surface area contributed by atoms with Crippen molar-refractivity contribution < 1.29 is 4.79 Å².